The molecule has 5 heteroatoms. The van der Waals surface area contributed by atoms with Crippen molar-refractivity contribution in [1.82, 2.24) is 14.5 Å². The van der Waals surface area contributed by atoms with Gasteiger partial charge in [0.1, 0.15) is 5.65 Å². The molecule has 0 saturated heterocycles. The van der Waals surface area contributed by atoms with Crippen molar-refractivity contribution < 1.29 is 0 Å². The maximum absolute atomic E-state index is 6.92. The van der Waals surface area contributed by atoms with E-state index >= 15 is 0 Å². The molecule has 0 amide bonds. The number of aliphatic imine (C=N–C) groups is 1. The van der Waals surface area contributed by atoms with Crippen molar-refractivity contribution in [2.45, 2.75) is 0 Å². The van der Waals surface area contributed by atoms with Crippen molar-refractivity contribution >= 4 is 39.0 Å². The summed E-state index contributed by atoms with van der Waals surface area (Å²) < 4.78 is 2.26. The highest BCUT2D eigenvalue weighted by Gasteiger charge is 2.21. The fraction of sp³-hybridized carbons (Fsp3) is 0. The molecule has 312 valence electrons. The molecular formula is C61H43N5. The van der Waals surface area contributed by atoms with Gasteiger partial charge in [-0.3, -0.25) is 4.57 Å². The van der Waals surface area contributed by atoms with E-state index < -0.39 is 0 Å². The summed E-state index contributed by atoms with van der Waals surface area (Å²) in [6.45, 7) is 4.23. The highest BCUT2D eigenvalue weighted by molar-refractivity contribution is 6.15. The summed E-state index contributed by atoms with van der Waals surface area (Å²) in [5.74, 6) is 0.668. The fourth-order valence-corrected chi connectivity index (χ4v) is 8.84. The van der Waals surface area contributed by atoms with Gasteiger partial charge in [0.15, 0.2) is 5.82 Å². The third kappa shape index (κ3) is 7.65. The van der Waals surface area contributed by atoms with E-state index in [-0.39, 0.29) is 0 Å². The molecule has 0 spiro atoms. The van der Waals surface area contributed by atoms with Crippen LogP contribution in [0.4, 0.5) is 0 Å². The average Bonchev–Trinajstić information content (AvgIpc) is 3.73. The molecular weight excluding hydrogens is 803 g/mol. The molecule has 0 unspecified atom stereocenters. The van der Waals surface area contributed by atoms with Gasteiger partial charge in [-0.05, 0) is 93.1 Å². The van der Waals surface area contributed by atoms with Crippen LogP contribution in [0.25, 0.3) is 95.0 Å². The molecule has 0 saturated carbocycles. The molecule has 0 fully saturated rings. The van der Waals surface area contributed by atoms with Gasteiger partial charge in [-0.15, -0.1) is 0 Å². The lowest BCUT2D eigenvalue weighted by atomic mass is 9.94. The molecule has 11 rings (SSSR count). The summed E-state index contributed by atoms with van der Waals surface area (Å²) in [6, 6.07) is 73.8. The minimum Gasteiger partial charge on any atom is -0.396 e. The number of benzene rings is 8. The van der Waals surface area contributed by atoms with Crippen molar-refractivity contribution in [2.75, 3.05) is 0 Å². The monoisotopic (exact) mass is 845 g/mol. The molecule has 2 heterocycles. The number of rotatable bonds is 9. The Morgan fingerprint density at radius 1 is 0.470 bits per heavy atom. The SMILES string of the molecule is C=C1C=CC=C/C1=N/C(=C(\N)c1ccccc1)c1cccc(-c2cccc(-c3cccc(-c4cccc(-c5nc(-c6ccccc6)c6c7ccccc7n(-c7ccccc7)c6n5)c4)c3)c2)c1. The second kappa shape index (κ2) is 17.3. The first kappa shape index (κ1) is 39.9. The number of hydrogen-bond donors (Lipinski definition) is 1. The Morgan fingerprint density at radius 2 is 0.970 bits per heavy atom. The number of nitrogens with zero attached hydrogens (tertiary/aromatic N) is 4. The summed E-state index contributed by atoms with van der Waals surface area (Å²) in [4.78, 5) is 15.9. The smallest absolute Gasteiger partial charge is 0.162 e. The van der Waals surface area contributed by atoms with Crippen LogP contribution in [-0.4, -0.2) is 20.2 Å². The van der Waals surface area contributed by atoms with Crippen molar-refractivity contribution in [2.24, 2.45) is 10.7 Å². The Bertz CT molecular complexity index is 3590. The summed E-state index contributed by atoms with van der Waals surface area (Å²) in [6.07, 6.45) is 7.88. The molecule has 5 nitrogen and oxygen atoms in total. The van der Waals surface area contributed by atoms with E-state index in [9.17, 15) is 0 Å². The van der Waals surface area contributed by atoms with Crippen molar-refractivity contribution in [3.63, 3.8) is 0 Å². The van der Waals surface area contributed by atoms with Gasteiger partial charge in [0.05, 0.1) is 33.7 Å². The van der Waals surface area contributed by atoms with E-state index in [1.54, 1.807) is 0 Å². The third-order valence-corrected chi connectivity index (χ3v) is 12.1. The average molecular weight is 846 g/mol. The predicted molar refractivity (Wildman–Crippen MR) is 276 cm³/mol. The fourth-order valence-electron chi connectivity index (χ4n) is 8.84. The highest BCUT2D eigenvalue weighted by Crippen LogP contribution is 2.39. The van der Waals surface area contributed by atoms with E-state index in [1.807, 2.05) is 66.8 Å². The minimum absolute atomic E-state index is 0.602. The third-order valence-electron chi connectivity index (χ3n) is 12.1. The van der Waals surface area contributed by atoms with E-state index in [0.717, 1.165) is 100 Å². The van der Waals surface area contributed by atoms with Crippen molar-refractivity contribution in [3.8, 4) is 61.7 Å². The van der Waals surface area contributed by atoms with Gasteiger partial charge < -0.3 is 5.73 Å². The van der Waals surface area contributed by atoms with Crippen LogP contribution in [0.5, 0.6) is 0 Å². The molecule has 2 N–H and O–H groups in total. The molecule has 66 heavy (non-hydrogen) atoms. The van der Waals surface area contributed by atoms with E-state index in [4.69, 9.17) is 20.7 Å². The van der Waals surface area contributed by atoms with Crippen LogP contribution in [0.2, 0.25) is 0 Å². The van der Waals surface area contributed by atoms with Gasteiger partial charge in [-0.25, -0.2) is 15.0 Å². The summed E-state index contributed by atoms with van der Waals surface area (Å²) in [5, 5.41) is 2.15. The van der Waals surface area contributed by atoms with Crippen LogP contribution < -0.4 is 5.73 Å². The summed E-state index contributed by atoms with van der Waals surface area (Å²) in [5.41, 5.74) is 24.1. The maximum atomic E-state index is 6.92. The van der Waals surface area contributed by atoms with Crippen LogP contribution in [0, 0.1) is 0 Å². The topological polar surface area (TPSA) is 69.1 Å². The molecule has 1 aliphatic rings. The molecule has 0 atom stereocenters. The van der Waals surface area contributed by atoms with Crippen molar-refractivity contribution in [3.05, 3.63) is 260 Å². The molecule has 2 aromatic heterocycles. The van der Waals surface area contributed by atoms with Gasteiger partial charge in [-0.1, -0.05) is 195 Å². The number of para-hydroxylation sites is 2. The van der Waals surface area contributed by atoms with Gasteiger partial charge in [-0.2, -0.15) is 0 Å². The number of aromatic nitrogens is 3. The van der Waals surface area contributed by atoms with Crippen LogP contribution >= 0.6 is 0 Å². The Balaban J connectivity index is 0.967. The van der Waals surface area contributed by atoms with E-state index in [1.165, 1.54) is 0 Å². The quantitative estimate of drug-likeness (QED) is 0.147. The highest BCUT2D eigenvalue weighted by atomic mass is 15.1. The molecule has 10 aromatic rings. The van der Waals surface area contributed by atoms with Gasteiger partial charge in [0.25, 0.3) is 0 Å². The molecule has 0 aliphatic heterocycles. The molecule has 8 aromatic carbocycles. The number of allylic oxidation sites excluding steroid dienone is 5. The number of hydrogen-bond acceptors (Lipinski definition) is 4. The Morgan fingerprint density at radius 3 is 1.62 bits per heavy atom. The Labute approximate surface area is 384 Å². The predicted octanol–water partition coefficient (Wildman–Crippen LogP) is 14.8. The zero-order valence-electron chi connectivity index (χ0n) is 36.1. The second-order valence-corrected chi connectivity index (χ2v) is 16.3. The summed E-state index contributed by atoms with van der Waals surface area (Å²) in [7, 11) is 0. The summed E-state index contributed by atoms with van der Waals surface area (Å²) >= 11 is 0. The standard InChI is InChI=1S/C61H43N5/c1-41-19-11-13-35-54(41)63-59(57(62)42-20-5-2-6-21-42)50-30-17-28-48(39-50)46-26-15-24-44(37-46)45-25-16-27-47(38-45)49-29-18-31-51(40-49)60-64-58(43-22-7-3-8-23-43)56-53-34-12-14-36-55(53)66(61(56)65-60)52-32-9-4-10-33-52/h2-40H,1,62H2/b59-57-,63-54-. The van der Waals surface area contributed by atoms with Crippen LogP contribution in [0.3, 0.4) is 0 Å². The Hall–Kier alpha value is -8.93. The lowest BCUT2D eigenvalue weighted by Crippen LogP contribution is -2.04. The second-order valence-electron chi connectivity index (χ2n) is 16.3. The number of fused-ring (bicyclic) bond motifs is 3. The van der Waals surface area contributed by atoms with Crippen LogP contribution in [-0.2, 0) is 0 Å². The van der Waals surface area contributed by atoms with E-state index in [0.29, 0.717) is 17.2 Å². The first-order valence-electron chi connectivity index (χ1n) is 22.1. The zero-order valence-corrected chi connectivity index (χ0v) is 36.1. The Kier molecular flexibility index (Phi) is 10.5. The van der Waals surface area contributed by atoms with Crippen LogP contribution in [0.1, 0.15) is 11.1 Å². The largest absolute Gasteiger partial charge is 0.396 e. The molecule has 0 radical (unpaired) electrons. The normalized spacial score (nSPS) is 13.4. The van der Waals surface area contributed by atoms with Crippen LogP contribution in [0.15, 0.2) is 254 Å². The lowest BCUT2D eigenvalue weighted by Gasteiger charge is -2.14. The minimum atomic E-state index is 0.602. The van der Waals surface area contributed by atoms with Gasteiger partial charge in [0, 0.05) is 27.8 Å². The van der Waals surface area contributed by atoms with Gasteiger partial charge >= 0.3 is 0 Å². The maximum Gasteiger partial charge on any atom is 0.162 e. The van der Waals surface area contributed by atoms with Gasteiger partial charge in [0.2, 0.25) is 0 Å². The zero-order chi connectivity index (χ0) is 44.4. The lowest BCUT2D eigenvalue weighted by molar-refractivity contribution is 1.11. The van der Waals surface area contributed by atoms with Crippen molar-refractivity contribution in [1.29, 1.82) is 0 Å². The van der Waals surface area contributed by atoms with E-state index in [2.05, 4.69) is 181 Å². The number of nitrogens with two attached hydrogens (primary N) is 1. The first-order valence-corrected chi connectivity index (χ1v) is 22.1. The first-order chi connectivity index (χ1) is 32.6. The molecule has 0 bridgehead atoms. The molecule has 1 aliphatic carbocycles.